The number of rotatable bonds is 3. The van der Waals surface area contributed by atoms with Gasteiger partial charge in [-0.25, -0.2) is 0 Å². The highest BCUT2D eigenvalue weighted by molar-refractivity contribution is 5.84. The fourth-order valence-corrected chi connectivity index (χ4v) is 2.48. The zero-order chi connectivity index (χ0) is 12.4. The quantitative estimate of drug-likeness (QED) is 0.866. The van der Waals surface area contributed by atoms with Crippen molar-refractivity contribution in [3.63, 3.8) is 0 Å². The first kappa shape index (κ1) is 11.6. The van der Waals surface area contributed by atoms with Crippen molar-refractivity contribution in [2.24, 2.45) is 0 Å². The molecule has 0 amide bonds. The van der Waals surface area contributed by atoms with Gasteiger partial charge in [-0.3, -0.25) is 0 Å². The Hall–Kier alpha value is -1.52. The molecule has 0 spiro atoms. The molecule has 0 radical (unpaired) electrons. The molecule has 1 aromatic heterocycles. The maximum Gasteiger partial charge on any atom is 0.120 e. The summed E-state index contributed by atoms with van der Waals surface area (Å²) in [5.74, 6) is 0.884. The van der Waals surface area contributed by atoms with Crippen LogP contribution >= 0.6 is 0 Å². The summed E-state index contributed by atoms with van der Waals surface area (Å²) < 4.78 is 10.7. The van der Waals surface area contributed by atoms with Crippen LogP contribution in [-0.4, -0.2) is 37.9 Å². The maximum atomic E-state index is 5.49. The van der Waals surface area contributed by atoms with Gasteiger partial charge in [0.1, 0.15) is 5.75 Å². The lowest BCUT2D eigenvalue weighted by atomic mass is 10.0. The summed E-state index contributed by atoms with van der Waals surface area (Å²) in [6.45, 7) is 2.56. The molecule has 96 valence electrons. The van der Waals surface area contributed by atoms with Crippen LogP contribution in [0, 0.1) is 0 Å². The summed E-state index contributed by atoms with van der Waals surface area (Å²) in [5.41, 5.74) is 2.46. The number of aromatic amines is 1. The molecule has 1 aliphatic rings. The molecule has 0 saturated carbocycles. The molecule has 1 aliphatic heterocycles. The van der Waals surface area contributed by atoms with E-state index in [0.717, 1.165) is 37.4 Å². The van der Waals surface area contributed by atoms with Crippen molar-refractivity contribution in [2.45, 2.75) is 12.5 Å². The average molecular weight is 246 g/mol. The van der Waals surface area contributed by atoms with E-state index in [9.17, 15) is 0 Å². The molecule has 4 nitrogen and oxygen atoms in total. The van der Waals surface area contributed by atoms with E-state index >= 15 is 0 Å². The highest BCUT2D eigenvalue weighted by Gasteiger charge is 2.15. The number of ether oxygens (including phenoxy) is 2. The summed E-state index contributed by atoms with van der Waals surface area (Å²) in [6.07, 6.45) is 3.08. The molecule has 0 aliphatic carbocycles. The Kier molecular flexibility index (Phi) is 3.21. The number of aromatic nitrogens is 1. The smallest absolute Gasteiger partial charge is 0.120 e. The average Bonchev–Trinajstić information content (AvgIpc) is 2.82. The third-order valence-corrected chi connectivity index (χ3v) is 3.44. The number of H-pyrrole nitrogens is 1. The summed E-state index contributed by atoms with van der Waals surface area (Å²) in [7, 11) is 1.69. The summed E-state index contributed by atoms with van der Waals surface area (Å²) in [4.78, 5) is 3.30. The molecule has 0 unspecified atom stereocenters. The molecule has 1 aromatic carbocycles. The maximum absolute atomic E-state index is 5.49. The molecular formula is C14H18N2O2. The first-order valence-electron chi connectivity index (χ1n) is 6.32. The van der Waals surface area contributed by atoms with Crippen LogP contribution in [0.3, 0.4) is 0 Å². The van der Waals surface area contributed by atoms with Crippen LogP contribution in [0.15, 0.2) is 24.4 Å². The Bertz CT molecular complexity index is 530. The topological polar surface area (TPSA) is 46.3 Å². The van der Waals surface area contributed by atoms with Crippen molar-refractivity contribution in [2.75, 3.05) is 26.9 Å². The fraction of sp³-hybridized carbons (Fsp3) is 0.429. The number of fused-ring (bicyclic) bond motifs is 1. The second kappa shape index (κ2) is 5.00. The number of hydrogen-bond acceptors (Lipinski definition) is 3. The fourth-order valence-electron chi connectivity index (χ4n) is 2.48. The second-order valence-electron chi connectivity index (χ2n) is 4.66. The lowest BCUT2D eigenvalue weighted by Crippen LogP contribution is -2.42. The predicted molar refractivity (Wildman–Crippen MR) is 71.2 cm³/mol. The van der Waals surface area contributed by atoms with Crippen molar-refractivity contribution in [1.29, 1.82) is 0 Å². The zero-order valence-corrected chi connectivity index (χ0v) is 10.5. The Labute approximate surface area is 106 Å². The van der Waals surface area contributed by atoms with E-state index in [1.54, 1.807) is 7.11 Å². The summed E-state index contributed by atoms with van der Waals surface area (Å²) in [5, 5.41) is 4.75. The van der Waals surface area contributed by atoms with Gasteiger partial charge in [0.2, 0.25) is 0 Å². The molecule has 2 aromatic rings. The van der Waals surface area contributed by atoms with Crippen LogP contribution in [0.25, 0.3) is 10.9 Å². The highest BCUT2D eigenvalue weighted by Crippen LogP contribution is 2.24. The monoisotopic (exact) mass is 246 g/mol. The van der Waals surface area contributed by atoms with Gasteiger partial charge in [-0.2, -0.15) is 0 Å². The van der Waals surface area contributed by atoms with E-state index in [2.05, 4.69) is 22.6 Å². The lowest BCUT2D eigenvalue weighted by molar-refractivity contribution is 0.0771. The molecule has 18 heavy (non-hydrogen) atoms. The lowest BCUT2D eigenvalue weighted by Gasteiger charge is -2.23. The predicted octanol–water partition coefficient (Wildman–Crippen LogP) is 1.71. The van der Waals surface area contributed by atoms with Crippen LogP contribution in [0.1, 0.15) is 5.56 Å². The van der Waals surface area contributed by atoms with E-state index < -0.39 is 0 Å². The minimum atomic E-state index is 0.417. The van der Waals surface area contributed by atoms with Crippen LogP contribution < -0.4 is 10.1 Å². The molecule has 2 heterocycles. The third-order valence-electron chi connectivity index (χ3n) is 3.44. The van der Waals surface area contributed by atoms with Crippen molar-refractivity contribution in [3.05, 3.63) is 30.0 Å². The van der Waals surface area contributed by atoms with Crippen molar-refractivity contribution in [3.8, 4) is 5.75 Å². The minimum Gasteiger partial charge on any atom is -0.497 e. The van der Waals surface area contributed by atoms with Gasteiger partial charge in [-0.05, 0) is 24.1 Å². The Morgan fingerprint density at radius 2 is 2.39 bits per heavy atom. The van der Waals surface area contributed by atoms with Crippen LogP contribution in [0.2, 0.25) is 0 Å². The number of nitrogens with one attached hydrogen (secondary N) is 2. The summed E-state index contributed by atoms with van der Waals surface area (Å²) >= 11 is 0. The van der Waals surface area contributed by atoms with E-state index in [0.29, 0.717) is 6.04 Å². The number of morpholine rings is 1. The van der Waals surface area contributed by atoms with Gasteiger partial charge in [-0.1, -0.05) is 0 Å². The van der Waals surface area contributed by atoms with E-state index in [-0.39, 0.29) is 0 Å². The molecule has 1 atom stereocenters. The van der Waals surface area contributed by atoms with Gasteiger partial charge in [0.15, 0.2) is 0 Å². The molecule has 2 N–H and O–H groups in total. The number of benzene rings is 1. The Morgan fingerprint density at radius 3 is 3.17 bits per heavy atom. The van der Waals surface area contributed by atoms with Gasteiger partial charge >= 0.3 is 0 Å². The molecular weight excluding hydrogens is 228 g/mol. The molecule has 1 saturated heterocycles. The van der Waals surface area contributed by atoms with Gasteiger partial charge in [0.25, 0.3) is 0 Å². The normalized spacial score (nSPS) is 20.2. The molecule has 0 bridgehead atoms. The van der Waals surface area contributed by atoms with E-state index in [1.165, 1.54) is 10.9 Å². The van der Waals surface area contributed by atoms with Crippen LogP contribution in [0.5, 0.6) is 5.75 Å². The first-order chi connectivity index (χ1) is 8.86. The van der Waals surface area contributed by atoms with Gasteiger partial charge in [0, 0.05) is 35.8 Å². The Morgan fingerprint density at radius 1 is 1.44 bits per heavy atom. The van der Waals surface area contributed by atoms with Crippen molar-refractivity contribution < 1.29 is 9.47 Å². The van der Waals surface area contributed by atoms with E-state index in [1.807, 2.05) is 12.1 Å². The van der Waals surface area contributed by atoms with Crippen molar-refractivity contribution >= 4 is 10.9 Å². The largest absolute Gasteiger partial charge is 0.497 e. The summed E-state index contributed by atoms with van der Waals surface area (Å²) in [6, 6.07) is 6.57. The standard InChI is InChI=1S/C14H18N2O2/c1-17-12-2-3-13-10(8-16-14(13)7-12)6-11-9-18-5-4-15-11/h2-3,7-8,11,15-16H,4-6,9H2,1H3/t11-/m0/s1. The SMILES string of the molecule is COc1ccc2c(C[C@H]3COCCN3)c[nH]c2c1. The Balaban J connectivity index is 1.83. The molecule has 3 rings (SSSR count). The third kappa shape index (κ3) is 2.21. The number of hydrogen-bond donors (Lipinski definition) is 2. The van der Waals surface area contributed by atoms with E-state index in [4.69, 9.17) is 9.47 Å². The highest BCUT2D eigenvalue weighted by atomic mass is 16.5. The van der Waals surface area contributed by atoms with Crippen LogP contribution in [0.4, 0.5) is 0 Å². The van der Waals surface area contributed by atoms with Gasteiger partial charge < -0.3 is 19.8 Å². The van der Waals surface area contributed by atoms with Gasteiger partial charge in [0.05, 0.1) is 20.3 Å². The number of methoxy groups -OCH3 is 1. The first-order valence-corrected chi connectivity index (χ1v) is 6.32. The molecule has 1 fully saturated rings. The zero-order valence-electron chi connectivity index (χ0n) is 10.5. The van der Waals surface area contributed by atoms with Crippen molar-refractivity contribution in [1.82, 2.24) is 10.3 Å². The molecule has 4 heteroatoms. The van der Waals surface area contributed by atoms with Gasteiger partial charge in [-0.15, -0.1) is 0 Å². The second-order valence-corrected chi connectivity index (χ2v) is 4.66. The van der Waals surface area contributed by atoms with Crippen LogP contribution in [-0.2, 0) is 11.2 Å². The minimum absolute atomic E-state index is 0.417.